The predicted octanol–water partition coefficient (Wildman–Crippen LogP) is 1.50. The van der Waals surface area contributed by atoms with Crippen LogP contribution in [0.15, 0.2) is 16.5 Å². The minimum absolute atomic E-state index is 0.0609. The summed E-state index contributed by atoms with van der Waals surface area (Å²) in [4.78, 5) is 22.3. The zero-order valence-electron chi connectivity index (χ0n) is 10.7. The first-order valence-corrected chi connectivity index (χ1v) is 5.62. The van der Waals surface area contributed by atoms with Crippen LogP contribution < -0.4 is 10.6 Å². The number of carbonyl (C=O) groups is 2. The van der Waals surface area contributed by atoms with Crippen molar-refractivity contribution >= 4 is 12.0 Å². The van der Waals surface area contributed by atoms with E-state index < -0.39 is 17.4 Å². The maximum Gasteiger partial charge on any atom is 0.315 e. The minimum atomic E-state index is -0.987. The number of nitrogens with one attached hydrogen (secondary N) is 2. The Morgan fingerprint density at radius 1 is 1.33 bits per heavy atom. The molecule has 0 aliphatic carbocycles. The van der Waals surface area contributed by atoms with Gasteiger partial charge in [-0.2, -0.15) is 0 Å². The third-order valence-electron chi connectivity index (χ3n) is 2.49. The molecule has 0 bridgehead atoms. The summed E-state index contributed by atoms with van der Waals surface area (Å²) in [5.41, 5.74) is -0.987. The maximum absolute atomic E-state index is 11.4. The normalized spacial score (nSPS) is 11.1. The van der Waals surface area contributed by atoms with E-state index >= 15 is 0 Å². The van der Waals surface area contributed by atoms with E-state index in [-0.39, 0.29) is 13.1 Å². The lowest BCUT2D eigenvalue weighted by Gasteiger charge is -2.19. The highest BCUT2D eigenvalue weighted by Gasteiger charge is 2.27. The Balaban J connectivity index is 2.32. The van der Waals surface area contributed by atoms with Crippen LogP contribution in [0.5, 0.6) is 0 Å². The van der Waals surface area contributed by atoms with Crippen LogP contribution in [0, 0.1) is 12.3 Å². The molecule has 0 unspecified atom stereocenters. The Kier molecular flexibility index (Phi) is 4.36. The Labute approximate surface area is 105 Å². The van der Waals surface area contributed by atoms with Gasteiger partial charge in [-0.05, 0) is 32.9 Å². The third kappa shape index (κ3) is 4.12. The van der Waals surface area contributed by atoms with Crippen molar-refractivity contribution in [2.24, 2.45) is 5.41 Å². The molecule has 1 heterocycles. The number of aryl methyl sites for hydroxylation is 1. The molecule has 6 nitrogen and oxygen atoms in total. The molecule has 0 radical (unpaired) electrons. The van der Waals surface area contributed by atoms with Crippen molar-refractivity contribution in [2.75, 3.05) is 6.54 Å². The largest absolute Gasteiger partial charge is 0.481 e. The second kappa shape index (κ2) is 5.57. The molecule has 3 N–H and O–H groups in total. The third-order valence-corrected chi connectivity index (χ3v) is 2.49. The van der Waals surface area contributed by atoms with Gasteiger partial charge in [-0.15, -0.1) is 0 Å². The van der Waals surface area contributed by atoms with Gasteiger partial charge in [0.1, 0.15) is 11.5 Å². The SMILES string of the molecule is Cc1ccc(CNC(=O)NCC(C)(C)C(=O)O)o1. The standard InChI is InChI=1S/C12H18N2O4/c1-8-4-5-9(18-8)6-13-11(17)14-7-12(2,3)10(15)16/h4-5H,6-7H2,1-3H3,(H,15,16)(H2,13,14,17). The summed E-state index contributed by atoms with van der Waals surface area (Å²) in [6, 6.07) is 3.16. The number of carboxylic acids is 1. The first-order valence-electron chi connectivity index (χ1n) is 5.62. The van der Waals surface area contributed by atoms with E-state index in [0.29, 0.717) is 5.76 Å². The highest BCUT2D eigenvalue weighted by molar-refractivity contribution is 5.77. The van der Waals surface area contributed by atoms with E-state index in [2.05, 4.69) is 10.6 Å². The molecule has 0 atom stereocenters. The van der Waals surface area contributed by atoms with Gasteiger partial charge in [0.15, 0.2) is 0 Å². The van der Waals surface area contributed by atoms with Crippen LogP contribution in [0.4, 0.5) is 4.79 Å². The Morgan fingerprint density at radius 3 is 2.50 bits per heavy atom. The molecule has 0 aliphatic rings. The van der Waals surface area contributed by atoms with Gasteiger partial charge in [-0.3, -0.25) is 4.79 Å². The molecule has 2 amide bonds. The number of hydrogen-bond donors (Lipinski definition) is 3. The zero-order valence-corrected chi connectivity index (χ0v) is 10.7. The average molecular weight is 254 g/mol. The van der Waals surface area contributed by atoms with Crippen LogP contribution in [0.25, 0.3) is 0 Å². The molecule has 0 saturated heterocycles. The van der Waals surface area contributed by atoms with Gasteiger partial charge in [-0.1, -0.05) is 0 Å². The molecule has 1 rings (SSSR count). The summed E-state index contributed by atoms with van der Waals surface area (Å²) >= 11 is 0. The van der Waals surface area contributed by atoms with Crippen molar-refractivity contribution < 1.29 is 19.1 Å². The first-order chi connectivity index (χ1) is 8.31. The molecule has 18 heavy (non-hydrogen) atoms. The predicted molar refractivity (Wildman–Crippen MR) is 65.1 cm³/mol. The van der Waals surface area contributed by atoms with Crippen LogP contribution in [0.1, 0.15) is 25.4 Å². The van der Waals surface area contributed by atoms with Gasteiger partial charge >= 0.3 is 12.0 Å². The van der Waals surface area contributed by atoms with Crippen molar-refractivity contribution in [3.63, 3.8) is 0 Å². The van der Waals surface area contributed by atoms with Gasteiger partial charge in [-0.25, -0.2) is 4.79 Å². The molecule has 6 heteroatoms. The average Bonchev–Trinajstić information content (AvgIpc) is 2.69. The quantitative estimate of drug-likeness (QED) is 0.742. The topological polar surface area (TPSA) is 91.6 Å². The Morgan fingerprint density at radius 2 is 2.00 bits per heavy atom. The second-order valence-electron chi connectivity index (χ2n) is 4.74. The fraction of sp³-hybridized carbons (Fsp3) is 0.500. The Bertz CT molecular complexity index is 437. The summed E-state index contributed by atoms with van der Waals surface area (Å²) in [5.74, 6) is 0.476. The highest BCUT2D eigenvalue weighted by Crippen LogP contribution is 2.12. The van der Waals surface area contributed by atoms with Crippen molar-refractivity contribution in [3.8, 4) is 0 Å². The van der Waals surface area contributed by atoms with Crippen LogP contribution in [-0.4, -0.2) is 23.7 Å². The number of aliphatic carboxylic acids is 1. The molecule has 0 fully saturated rings. The Hall–Kier alpha value is -1.98. The van der Waals surface area contributed by atoms with Gasteiger partial charge in [0, 0.05) is 6.54 Å². The lowest BCUT2D eigenvalue weighted by Crippen LogP contribution is -2.43. The number of furan rings is 1. The van der Waals surface area contributed by atoms with Gasteiger partial charge in [0.2, 0.25) is 0 Å². The number of rotatable bonds is 5. The number of carbonyl (C=O) groups excluding carboxylic acids is 1. The summed E-state index contributed by atoms with van der Waals surface area (Å²) in [5, 5.41) is 14.0. The van der Waals surface area contributed by atoms with E-state index in [1.54, 1.807) is 19.9 Å². The van der Waals surface area contributed by atoms with Crippen molar-refractivity contribution in [1.82, 2.24) is 10.6 Å². The fourth-order valence-electron chi connectivity index (χ4n) is 1.19. The summed E-state index contributed by atoms with van der Waals surface area (Å²) in [6.45, 7) is 5.24. The summed E-state index contributed by atoms with van der Waals surface area (Å²) in [6.07, 6.45) is 0. The first kappa shape index (κ1) is 14.1. The van der Waals surface area contributed by atoms with Crippen LogP contribution in [0.2, 0.25) is 0 Å². The number of carboxylic acid groups (broad SMARTS) is 1. The molecule has 1 aromatic heterocycles. The van der Waals surface area contributed by atoms with E-state index in [9.17, 15) is 9.59 Å². The maximum atomic E-state index is 11.4. The van der Waals surface area contributed by atoms with Crippen LogP contribution >= 0.6 is 0 Å². The van der Waals surface area contributed by atoms with E-state index in [1.807, 2.05) is 13.0 Å². The number of amides is 2. The van der Waals surface area contributed by atoms with Crippen LogP contribution in [-0.2, 0) is 11.3 Å². The molecule has 0 aliphatic heterocycles. The molecular weight excluding hydrogens is 236 g/mol. The van der Waals surface area contributed by atoms with E-state index in [4.69, 9.17) is 9.52 Å². The molecule has 100 valence electrons. The molecule has 0 saturated carbocycles. The zero-order chi connectivity index (χ0) is 13.8. The lowest BCUT2D eigenvalue weighted by atomic mass is 9.94. The van der Waals surface area contributed by atoms with Gasteiger partial charge in [0.25, 0.3) is 0 Å². The minimum Gasteiger partial charge on any atom is -0.481 e. The van der Waals surface area contributed by atoms with Crippen molar-refractivity contribution in [3.05, 3.63) is 23.7 Å². The van der Waals surface area contributed by atoms with Crippen molar-refractivity contribution in [2.45, 2.75) is 27.3 Å². The molecule has 0 spiro atoms. The monoisotopic (exact) mass is 254 g/mol. The van der Waals surface area contributed by atoms with E-state index in [1.165, 1.54) is 0 Å². The van der Waals surface area contributed by atoms with E-state index in [0.717, 1.165) is 5.76 Å². The van der Waals surface area contributed by atoms with Crippen LogP contribution in [0.3, 0.4) is 0 Å². The van der Waals surface area contributed by atoms with Gasteiger partial charge < -0.3 is 20.2 Å². The molecule has 1 aromatic rings. The lowest BCUT2D eigenvalue weighted by molar-refractivity contribution is -0.146. The fourth-order valence-corrected chi connectivity index (χ4v) is 1.19. The second-order valence-corrected chi connectivity index (χ2v) is 4.74. The number of urea groups is 1. The summed E-state index contributed by atoms with van der Waals surface area (Å²) in [7, 11) is 0. The molecular formula is C12H18N2O4. The number of hydrogen-bond acceptors (Lipinski definition) is 3. The van der Waals surface area contributed by atoms with Crippen molar-refractivity contribution in [1.29, 1.82) is 0 Å². The highest BCUT2D eigenvalue weighted by atomic mass is 16.4. The summed E-state index contributed by atoms with van der Waals surface area (Å²) < 4.78 is 5.28. The molecule has 0 aromatic carbocycles. The van der Waals surface area contributed by atoms with Gasteiger partial charge in [0.05, 0.1) is 12.0 Å². The smallest absolute Gasteiger partial charge is 0.315 e.